The Morgan fingerprint density at radius 2 is 2.00 bits per heavy atom. The molecule has 0 aliphatic rings. The van der Waals surface area contributed by atoms with E-state index in [1.807, 2.05) is 38.1 Å². The molecular weight excluding hydrogens is 238 g/mol. The molecule has 2 aromatic heterocycles. The maximum Gasteiger partial charge on any atom is 0.294 e. The number of carbonyl (C=O) groups excluding carboxylic acids is 2. The Hall–Kier alpha value is -1.61. The highest BCUT2D eigenvalue weighted by Crippen LogP contribution is 2.25. The summed E-state index contributed by atoms with van der Waals surface area (Å²) in [5.74, 6) is -0.494. The van der Waals surface area contributed by atoms with Gasteiger partial charge in [-0.1, -0.05) is 19.9 Å². The van der Waals surface area contributed by atoms with Crippen LogP contribution in [-0.4, -0.2) is 15.4 Å². The van der Waals surface area contributed by atoms with Crippen molar-refractivity contribution in [2.75, 3.05) is 0 Å². The van der Waals surface area contributed by atoms with E-state index in [4.69, 9.17) is 11.6 Å². The summed E-state index contributed by atoms with van der Waals surface area (Å²) < 4.78 is 1.71. The first kappa shape index (κ1) is 11.9. The highest BCUT2D eigenvalue weighted by Gasteiger charge is 2.23. The minimum absolute atomic E-state index is 0.157. The minimum Gasteiger partial charge on any atom is -0.313 e. The van der Waals surface area contributed by atoms with E-state index in [1.54, 1.807) is 10.6 Å². The molecule has 0 aliphatic heterocycles. The number of aromatic nitrogens is 1. The van der Waals surface area contributed by atoms with Gasteiger partial charge >= 0.3 is 0 Å². The number of hydrogen-bond donors (Lipinski definition) is 0. The van der Waals surface area contributed by atoms with Crippen LogP contribution in [0.3, 0.4) is 0 Å². The number of rotatable bonds is 3. The Bertz CT molecular complexity index is 598. The second-order valence-electron chi connectivity index (χ2n) is 4.20. The number of halogens is 1. The third-order valence-electron chi connectivity index (χ3n) is 2.72. The van der Waals surface area contributed by atoms with E-state index in [-0.39, 0.29) is 5.92 Å². The molecule has 0 N–H and O–H groups in total. The molecule has 2 aromatic rings. The molecular formula is C13H12ClNO2. The molecule has 3 nitrogen and oxygen atoms in total. The number of ketones is 1. The van der Waals surface area contributed by atoms with Crippen LogP contribution in [0.2, 0.25) is 0 Å². The Labute approximate surface area is 104 Å². The van der Waals surface area contributed by atoms with E-state index in [9.17, 15) is 9.59 Å². The van der Waals surface area contributed by atoms with Gasteiger partial charge in [-0.15, -0.1) is 0 Å². The smallest absolute Gasteiger partial charge is 0.294 e. The molecule has 4 heteroatoms. The topological polar surface area (TPSA) is 38.5 Å². The predicted octanol–water partition coefficient (Wildman–Crippen LogP) is 3.01. The van der Waals surface area contributed by atoms with Crippen molar-refractivity contribution in [2.24, 2.45) is 0 Å². The van der Waals surface area contributed by atoms with Crippen LogP contribution in [0.5, 0.6) is 0 Å². The summed E-state index contributed by atoms with van der Waals surface area (Å²) in [6.07, 6.45) is 1.76. The van der Waals surface area contributed by atoms with Crippen molar-refractivity contribution < 1.29 is 9.59 Å². The van der Waals surface area contributed by atoms with Crippen LogP contribution in [0.4, 0.5) is 0 Å². The summed E-state index contributed by atoms with van der Waals surface area (Å²) in [7, 11) is 0. The van der Waals surface area contributed by atoms with Crippen molar-refractivity contribution in [2.45, 2.75) is 19.8 Å². The highest BCUT2D eigenvalue weighted by molar-refractivity contribution is 6.83. The molecule has 88 valence electrons. The normalized spacial score (nSPS) is 11.1. The summed E-state index contributed by atoms with van der Waals surface area (Å²) in [5.41, 5.74) is 2.10. The summed E-state index contributed by atoms with van der Waals surface area (Å²) in [5, 5.41) is -0.948. The van der Waals surface area contributed by atoms with Gasteiger partial charge < -0.3 is 4.40 Å². The third-order valence-corrected chi connectivity index (χ3v) is 2.90. The molecule has 0 fully saturated rings. The van der Waals surface area contributed by atoms with Crippen molar-refractivity contribution in [3.63, 3.8) is 0 Å². The van der Waals surface area contributed by atoms with E-state index in [1.165, 1.54) is 0 Å². The zero-order valence-electron chi connectivity index (χ0n) is 9.61. The molecule has 0 aromatic carbocycles. The quantitative estimate of drug-likeness (QED) is 0.477. The van der Waals surface area contributed by atoms with Crippen molar-refractivity contribution in [1.82, 2.24) is 4.40 Å². The lowest BCUT2D eigenvalue weighted by molar-refractivity contribution is -0.108. The van der Waals surface area contributed by atoms with Gasteiger partial charge in [0.25, 0.3) is 11.0 Å². The average molecular weight is 250 g/mol. The van der Waals surface area contributed by atoms with Gasteiger partial charge in [0.2, 0.25) is 0 Å². The maximum absolute atomic E-state index is 11.8. The van der Waals surface area contributed by atoms with Crippen LogP contribution in [-0.2, 0) is 4.79 Å². The molecule has 0 aliphatic carbocycles. The SMILES string of the molecule is CC(C)c1cc2ccccn2c1C(=O)C(=O)Cl. The predicted molar refractivity (Wildman–Crippen MR) is 66.7 cm³/mol. The van der Waals surface area contributed by atoms with Crippen LogP contribution in [0.25, 0.3) is 5.52 Å². The van der Waals surface area contributed by atoms with Gasteiger partial charge in [-0.05, 0) is 41.3 Å². The summed E-state index contributed by atoms with van der Waals surface area (Å²) in [6.45, 7) is 3.95. The van der Waals surface area contributed by atoms with Crippen molar-refractivity contribution >= 4 is 28.1 Å². The number of hydrogen-bond acceptors (Lipinski definition) is 2. The van der Waals surface area contributed by atoms with Gasteiger partial charge in [0, 0.05) is 11.7 Å². The zero-order valence-corrected chi connectivity index (χ0v) is 10.4. The lowest BCUT2D eigenvalue weighted by Gasteiger charge is -2.05. The fourth-order valence-electron chi connectivity index (χ4n) is 1.92. The summed E-state index contributed by atoms with van der Waals surface area (Å²) in [6, 6.07) is 7.50. The van der Waals surface area contributed by atoms with Crippen LogP contribution in [0, 0.1) is 0 Å². The summed E-state index contributed by atoms with van der Waals surface area (Å²) in [4.78, 5) is 22.9. The van der Waals surface area contributed by atoms with Gasteiger partial charge in [0.1, 0.15) is 5.69 Å². The fraction of sp³-hybridized carbons (Fsp3) is 0.231. The van der Waals surface area contributed by atoms with E-state index in [0.29, 0.717) is 5.69 Å². The Morgan fingerprint density at radius 3 is 2.59 bits per heavy atom. The van der Waals surface area contributed by atoms with Crippen LogP contribution in [0.15, 0.2) is 30.5 Å². The average Bonchev–Trinajstić information content (AvgIpc) is 2.67. The number of nitrogens with zero attached hydrogens (tertiary/aromatic N) is 1. The van der Waals surface area contributed by atoms with E-state index >= 15 is 0 Å². The minimum atomic E-state index is -0.948. The highest BCUT2D eigenvalue weighted by atomic mass is 35.5. The molecule has 0 spiro atoms. The second-order valence-corrected chi connectivity index (χ2v) is 4.54. The molecule has 0 amide bonds. The zero-order chi connectivity index (χ0) is 12.6. The second kappa shape index (κ2) is 4.34. The van der Waals surface area contributed by atoms with Crippen molar-refractivity contribution in [3.05, 3.63) is 41.7 Å². The van der Waals surface area contributed by atoms with E-state index in [2.05, 4.69) is 0 Å². The lowest BCUT2D eigenvalue weighted by Crippen LogP contribution is -2.13. The Morgan fingerprint density at radius 1 is 1.29 bits per heavy atom. The Balaban J connectivity index is 2.77. The van der Waals surface area contributed by atoms with Gasteiger partial charge in [-0.3, -0.25) is 9.59 Å². The van der Waals surface area contributed by atoms with Crippen molar-refractivity contribution in [3.8, 4) is 0 Å². The first-order valence-electron chi connectivity index (χ1n) is 5.36. The van der Waals surface area contributed by atoms with Gasteiger partial charge in [-0.2, -0.15) is 0 Å². The van der Waals surface area contributed by atoms with E-state index in [0.717, 1.165) is 11.1 Å². The molecule has 2 rings (SSSR count). The molecule has 0 saturated carbocycles. The number of fused-ring (bicyclic) bond motifs is 1. The van der Waals surface area contributed by atoms with Crippen LogP contribution < -0.4 is 0 Å². The van der Waals surface area contributed by atoms with Crippen LogP contribution >= 0.6 is 11.6 Å². The first-order chi connectivity index (χ1) is 8.02. The molecule has 0 bridgehead atoms. The van der Waals surface area contributed by atoms with Crippen LogP contribution in [0.1, 0.15) is 35.8 Å². The van der Waals surface area contributed by atoms with Gasteiger partial charge in [0.05, 0.1) is 0 Å². The number of carbonyl (C=O) groups is 2. The van der Waals surface area contributed by atoms with E-state index < -0.39 is 11.0 Å². The first-order valence-corrected chi connectivity index (χ1v) is 5.74. The van der Waals surface area contributed by atoms with Crippen molar-refractivity contribution in [1.29, 1.82) is 0 Å². The molecule has 0 atom stereocenters. The monoisotopic (exact) mass is 249 g/mol. The maximum atomic E-state index is 11.8. The lowest BCUT2D eigenvalue weighted by atomic mass is 10.0. The molecule has 0 unspecified atom stereocenters. The molecule has 2 heterocycles. The molecule has 0 radical (unpaired) electrons. The number of Topliss-reactive ketones (excluding diaryl/α,β-unsaturated/α-hetero) is 1. The Kier molecular flexibility index (Phi) is 3.03. The summed E-state index contributed by atoms with van der Waals surface area (Å²) >= 11 is 5.29. The number of pyridine rings is 1. The van der Waals surface area contributed by atoms with Gasteiger partial charge in [-0.25, -0.2) is 0 Å². The fourth-order valence-corrected chi connectivity index (χ4v) is 2.01. The molecule has 0 saturated heterocycles. The van der Waals surface area contributed by atoms with Gasteiger partial charge in [0.15, 0.2) is 0 Å². The molecule has 17 heavy (non-hydrogen) atoms. The standard InChI is InChI=1S/C13H12ClNO2/c1-8(2)10-7-9-5-3-4-6-15(9)11(10)12(16)13(14)17/h3-8H,1-2H3. The largest absolute Gasteiger partial charge is 0.313 e. The third kappa shape index (κ3) is 1.98.